The third kappa shape index (κ3) is 3.49. The Labute approximate surface area is 128 Å². The van der Waals surface area contributed by atoms with Crippen LogP contribution in [0.25, 0.3) is 0 Å². The Morgan fingerprint density at radius 1 is 0.773 bits per heavy atom. The van der Waals surface area contributed by atoms with Gasteiger partial charge in [-0.3, -0.25) is 9.78 Å². The molecule has 22 heavy (non-hydrogen) atoms. The number of hydrogen-bond acceptors (Lipinski definition) is 3. The number of aromatic nitrogens is 1. The third-order valence-corrected chi connectivity index (χ3v) is 3.13. The summed E-state index contributed by atoms with van der Waals surface area (Å²) in [6, 6.07) is 20.7. The Morgan fingerprint density at radius 2 is 1.50 bits per heavy atom. The highest BCUT2D eigenvalue weighted by Gasteiger charge is 2.06. The Kier molecular flexibility index (Phi) is 4.11. The summed E-state index contributed by atoms with van der Waals surface area (Å²) in [6.07, 6.45) is 3.28. The Balaban J connectivity index is 1.75. The van der Waals surface area contributed by atoms with Gasteiger partial charge in [-0.05, 0) is 42.5 Å². The highest BCUT2D eigenvalue weighted by Crippen LogP contribution is 2.18. The number of carbonyl (C=O) groups is 1. The fraction of sp³-hybridized carbons (Fsp3) is 0. The second-order valence-corrected chi connectivity index (χ2v) is 4.76. The van der Waals surface area contributed by atoms with Crippen LogP contribution in [0.2, 0.25) is 0 Å². The van der Waals surface area contributed by atoms with Crippen LogP contribution in [-0.4, -0.2) is 10.9 Å². The molecule has 0 unspecified atom stereocenters. The Hall–Kier alpha value is -3.14. The van der Waals surface area contributed by atoms with Crippen molar-refractivity contribution in [2.24, 2.45) is 0 Å². The number of nitrogens with zero attached hydrogens (tertiary/aromatic N) is 1. The zero-order valence-corrected chi connectivity index (χ0v) is 11.9. The van der Waals surface area contributed by atoms with Gasteiger partial charge in [0.25, 0.3) is 5.91 Å². The van der Waals surface area contributed by atoms with Gasteiger partial charge in [-0.25, -0.2) is 0 Å². The van der Waals surface area contributed by atoms with Gasteiger partial charge in [0.1, 0.15) is 0 Å². The summed E-state index contributed by atoms with van der Waals surface area (Å²) in [5.41, 5.74) is 3.17. The molecule has 3 rings (SSSR count). The number of carbonyl (C=O) groups excluding carboxylic acids is 1. The molecule has 0 saturated heterocycles. The van der Waals surface area contributed by atoms with Crippen molar-refractivity contribution in [3.8, 4) is 0 Å². The van der Waals surface area contributed by atoms with Crippen molar-refractivity contribution in [2.75, 3.05) is 10.6 Å². The minimum atomic E-state index is -0.150. The van der Waals surface area contributed by atoms with E-state index in [0.717, 1.165) is 17.1 Å². The van der Waals surface area contributed by atoms with Crippen molar-refractivity contribution < 1.29 is 4.79 Å². The topological polar surface area (TPSA) is 54.0 Å². The molecule has 4 nitrogen and oxygen atoms in total. The van der Waals surface area contributed by atoms with Crippen LogP contribution in [0.15, 0.2) is 79.1 Å². The average molecular weight is 289 g/mol. The van der Waals surface area contributed by atoms with Crippen molar-refractivity contribution in [1.82, 2.24) is 4.98 Å². The maximum Gasteiger partial charge on any atom is 0.255 e. The molecule has 0 atom stereocenters. The lowest BCUT2D eigenvalue weighted by Crippen LogP contribution is -2.12. The number of nitrogens with one attached hydrogen (secondary N) is 2. The number of pyridine rings is 1. The standard InChI is InChI=1S/C18H15N3O/c22-18(21-16-9-11-19-12-10-16)14-5-4-8-17(13-14)20-15-6-2-1-3-7-15/h1-13,20H,(H,19,21,22). The van der Waals surface area contributed by atoms with Crippen LogP contribution in [0.5, 0.6) is 0 Å². The maximum atomic E-state index is 12.3. The molecule has 1 amide bonds. The maximum absolute atomic E-state index is 12.3. The summed E-state index contributed by atoms with van der Waals surface area (Å²) >= 11 is 0. The van der Waals surface area contributed by atoms with Crippen molar-refractivity contribution in [3.05, 3.63) is 84.7 Å². The Morgan fingerprint density at radius 3 is 2.27 bits per heavy atom. The first kappa shape index (κ1) is 13.8. The summed E-state index contributed by atoms with van der Waals surface area (Å²) in [5.74, 6) is -0.150. The van der Waals surface area contributed by atoms with Crippen molar-refractivity contribution >= 4 is 23.0 Å². The van der Waals surface area contributed by atoms with E-state index in [9.17, 15) is 4.79 Å². The molecule has 0 aliphatic rings. The molecule has 108 valence electrons. The van der Waals surface area contributed by atoms with E-state index < -0.39 is 0 Å². The fourth-order valence-corrected chi connectivity index (χ4v) is 2.06. The molecule has 2 aromatic carbocycles. The van der Waals surface area contributed by atoms with Gasteiger partial charge in [-0.1, -0.05) is 24.3 Å². The molecule has 0 fully saturated rings. The van der Waals surface area contributed by atoms with Crippen molar-refractivity contribution in [2.45, 2.75) is 0 Å². The van der Waals surface area contributed by atoms with E-state index in [1.165, 1.54) is 0 Å². The van der Waals surface area contributed by atoms with E-state index in [4.69, 9.17) is 0 Å². The quantitative estimate of drug-likeness (QED) is 0.761. The van der Waals surface area contributed by atoms with Crippen LogP contribution >= 0.6 is 0 Å². The average Bonchev–Trinajstić information content (AvgIpc) is 2.57. The third-order valence-electron chi connectivity index (χ3n) is 3.13. The van der Waals surface area contributed by atoms with Gasteiger partial charge in [-0.2, -0.15) is 0 Å². The highest BCUT2D eigenvalue weighted by atomic mass is 16.1. The first-order valence-electron chi connectivity index (χ1n) is 6.95. The number of hydrogen-bond donors (Lipinski definition) is 2. The number of anilines is 3. The van der Waals surface area contributed by atoms with E-state index in [0.29, 0.717) is 5.56 Å². The summed E-state index contributed by atoms with van der Waals surface area (Å²) in [7, 11) is 0. The summed E-state index contributed by atoms with van der Waals surface area (Å²) in [6.45, 7) is 0. The van der Waals surface area contributed by atoms with Crippen LogP contribution in [-0.2, 0) is 0 Å². The van der Waals surface area contributed by atoms with Crippen molar-refractivity contribution in [3.63, 3.8) is 0 Å². The molecular weight excluding hydrogens is 274 g/mol. The van der Waals surface area contributed by atoms with E-state index in [2.05, 4.69) is 15.6 Å². The monoisotopic (exact) mass is 289 g/mol. The second kappa shape index (κ2) is 6.54. The smallest absolute Gasteiger partial charge is 0.255 e. The van der Waals surface area contributed by atoms with E-state index in [1.807, 2.05) is 48.5 Å². The van der Waals surface area contributed by atoms with Crippen LogP contribution < -0.4 is 10.6 Å². The zero-order valence-electron chi connectivity index (χ0n) is 11.9. The molecule has 0 aliphatic carbocycles. The number of benzene rings is 2. The largest absolute Gasteiger partial charge is 0.356 e. The van der Waals surface area contributed by atoms with E-state index in [1.54, 1.807) is 30.6 Å². The molecule has 1 aromatic heterocycles. The minimum absolute atomic E-state index is 0.150. The molecule has 3 aromatic rings. The van der Waals surface area contributed by atoms with Crippen LogP contribution in [0.3, 0.4) is 0 Å². The van der Waals surface area contributed by atoms with Gasteiger partial charge in [-0.15, -0.1) is 0 Å². The predicted molar refractivity (Wildman–Crippen MR) is 88.4 cm³/mol. The molecule has 0 radical (unpaired) electrons. The summed E-state index contributed by atoms with van der Waals surface area (Å²) in [4.78, 5) is 16.2. The summed E-state index contributed by atoms with van der Waals surface area (Å²) in [5, 5.41) is 6.12. The summed E-state index contributed by atoms with van der Waals surface area (Å²) < 4.78 is 0. The fourth-order valence-electron chi connectivity index (χ4n) is 2.06. The number of rotatable bonds is 4. The van der Waals surface area contributed by atoms with E-state index in [-0.39, 0.29) is 5.91 Å². The van der Waals surface area contributed by atoms with Crippen LogP contribution in [0.4, 0.5) is 17.1 Å². The molecular formula is C18H15N3O. The van der Waals surface area contributed by atoms with Gasteiger partial charge in [0.2, 0.25) is 0 Å². The molecule has 0 aliphatic heterocycles. The number of para-hydroxylation sites is 1. The molecule has 0 spiro atoms. The predicted octanol–water partition coefficient (Wildman–Crippen LogP) is 4.08. The minimum Gasteiger partial charge on any atom is -0.356 e. The molecule has 2 N–H and O–H groups in total. The van der Waals surface area contributed by atoms with Crippen LogP contribution in [0, 0.1) is 0 Å². The molecule has 1 heterocycles. The van der Waals surface area contributed by atoms with Crippen molar-refractivity contribution in [1.29, 1.82) is 0 Å². The molecule has 0 saturated carbocycles. The molecule has 4 heteroatoms. The van der Waals surface area contributed by atoms with E-state index >= 15 is 0 Å². The Bertz CT molecular complexity index is 758. The lowest BCUT2D eigenvalue weighted by atomic mass is 10.1. The van der Waals surface area contributed by atoms with Gasteiger partial charge < -0.3 is 10.6 Å². The second-order valence-electron chi connectivity index (χ2n) is 4.76. The number of amides is 1. The normalized spacial score (nSPS) is 10.0. The van der Waals surface area contributed by atoms with Gasteiger partial charge in [0.15, 0.2) is 0 Å². The van der Waals surface area contributed by atoms with Gasteiger partial charge in [0, 0.05) is 35.0 Å². The van der Waals surface area contributed by atoms with Gasteiger partial charge >= 0.3 is 0 Å². The molecule has 0 bridgehead atoms. The zero-order chi connectivity index (χ0) is 15.2. The first-order valence-corrected chi connectivity index (χ1v) is 6.95. The SMILES string of the molecule is O=C(Nc1ccncc1)c1cccc(Nc2ccccc2)c1. The lowest BCUT2D eigenvalue weighted by molar-refractivity contribution is 0.102. The highest BCUT2D eigenvalue weighted by molar-refractivity contribution is 6.04. The first-order chi connectivity index (χ1) is 10.8. The lowest BCUT2D eigenvalue weighted by Gasteiger charge is -2.09. The van der Waals surface area contributed by atoms with Crippen LogP contribution in [0.1, 0.15) is 10.4 Å². The van der Waals surface area contributed by atoms with Gasteiger partial charge in [0.05, 0.1) is 0 Å².